The van der Waals surface area contributed by atoms with Gasteiger partial charge in [-0.15, -0.1) is 0 Å². The van der Waals surface area contributed by atoms with Gasteiger partial charge >= 0.3 is 0 Å². The van der Waals surface area contributed by atoms with Gasteiger partial charge in [0.1, 0.15) is 5.78 Å². The molecule has 0 saturated carbocycles. The quantitative estimate of drug-likeness (QED) is 0.535. The molecule has 0 radical (unpaired) electrons. The molecule has 0 rings (SSSR count). The molecule has 0 heterocycles. The molecular weight excluding hydrogens is 218 g/mol. The van der Waals surface area contributed by atoms with Crippen molar-refractivity contribution in [3.63, 3.8) is 0 Å². The maximum Gasteiger partial charge on any atom is 0.137 e. The van der Waals surface area contributed by atoms with E-state index in [1.165, 1.54) is 0 Å². The Hall–Kier alpha value is -0.450. The molecule has 0 amide bonds. The first-order chi connectivity index (χ1) is 8.22. The molecule has 0 saturated heterocycles. The number of rotatable bonds is 12. The summed E-state index contributed by atoms with van der Waals surface area (Å²) in [5, 5.41) is 3.17. The Morgan fingerprint density at radius 1 is 1.18 bits per heavy atom. The predicted octanol–water partition coefficient (Wildman–Crippen LogP) is 1.88. The Bertz CT molecular complexity index is 191. The fourth-order valence-corrected chi connectivity index (χ4v) is 1.29. The lowest BCUT2D eigenvalue weighted by molar-refractivity contribution is -0.123. The van der Waals surface area contributed by atoms with E-state index in [1.54, 1.807) is 0 Å². The van der Waals surface area contributed by atoms with Crippen LogP contribution in [0.3, 0.4) is 0 Å². The van der Waals surface area contributed by atoms with E-state index >= 15 is 0 Å². The molecule has 17 heavy (non-hydrogen) atoms. The average molecular weight is 247 g/mol. The summed E-state index contributed by atoms with van der Waals surface area (Å²) in [6.45, 7) is 10.3. The van der Waals surface area contributed by atoms with E-state index in [4.69, 9.17) is 9.47 Å². The minimum atomic E-state index is 0. The SMILES string of the molecule is CCNCCOCCOCCC(=O)C(C)CC.[HH]. The van der Waals surface area contributed by atoms with Crippen LogP contribution < -0.4 is 5.32 Å². The van der Waals surface area contributed by atoms with Crippen LogP contribution in [0.1, 0.15) is 35.0 Å². The molecule has 4 nitrogen and oxygen atoms in total. The lowest BCUT2D eigenvalue weighted by Gasteiger charge is -2.08. The van der Waals surface area contributed by atoms with Crippen molar-refractivity contribution in [2.24, 2.45) is 5.92 Å². The molecule has 104 valence electrons. The third kappa shape index (κ3) is 10.4. The van der Waals surface area contributed by atoms with E-state index in [0.29, 0.717) is 38.6 Å². The van der Waals surface area contributed by atoms with Crippen molar-refractivity contribution in [1.29, 1.82) is 0 Å². The third-order valence-corrected chi connectivity index (χ3v) is 2.70. The van der Waals surface area contributed by atoms with Crippen LogP contribution in [0.2, 0.25) is 0 Å². The van der Waals surface area contributed by atoms with E-state index < -0.39 is 0 Å². The monoisotopic (exact) mass is 247 g/mol. The summed E-state index contributed by atoms with van der Waals surface area (Å²) < 4.78 is 10.7. The van der Waals surface area contributed by atoms with Gasteiger partial charge in [-0.2, -0.15) is 0 Å². The maximum atomic E-state index is 11.5. The highest BCUT2D eigenvalue weighted by atomic mass is 16.5. The largest absolute Gasteiger partial charge is 0.379 e. The third-order valence-electron chi connectivity index (χ3n) is 2.70. The Morgan fingerprint density at radius 2 is 1.82 bits per heavy atom. The van der Waals surface area contributed by atoms with Crippen molar-refractivity contribution in [2.45, 2.75) is 33.6 Å². The van der Waals surface area contributed by atoms with Crippen LogP contribution in [0.4, 0.5) is 0 Å². The standard InChI is InChI=1S/C13H27NO3.H2/c1-4-12(3)13(15)6-8-16-10-11-17-9-7-14-5-2;/h12,14H,4-11H2,1-3H3;1H. The van der Waals surface area contributed by atoms with Gasteiger partial charge in [0.2, 0.25) is 0 Å². The van der Waals surface area contributed by atoms with Crippen LogP contribution in [-0.4, -0.2) is 45.3 Å². The smallest absolute Gasteiger partial charge is 0.137 e. The van der Waals surface area contributed by atoms with Gasteiger partial charge in [-0.05, 0) is 13.0 Å². The number of hydrogen-bond acceptors (Lipinski definition) is 4. The van der Waals surface area contributed by atoms with E-state index in [2.05, 4.69) is 12.2 Å². The summed E-state index contributed by atoms with van der Waals surface area (Å²) in [5.41, 5.74) is 0. The van der Waals surface area contributed by atoms with E-state index in [-0.39, 0.29) is 7.34 Å². The Kier molecular flexibility index (Phi) is 11.7. The van der Waals surface area contributed by atoms with Crippen molar-refractivity contribution in [3.05, 3.63) is 0 Å². The molecule has 0 fully saturated rings. The lowest BCUT2D eigenvalue weighted by Crippen LogP contribution is -2.20. The average Bonchev–Trinajstić information content (AvgIpc) is 2.35. The zero-order valence-corrected chi connectivity index (χ0v) is 11.5. The van der Waals surface area contributed by atoms with Crippen LogP contribution in [0, 0.1) is 5.92 Å². The van der Waals surface area contributed by atoms with Gasteiger partial charge in [-0.1, -0.05) is 20.8 Å². The van der Waals surface area contributed by atoms with Crippen LogP contribution in [0.5, 0.6) is 0 Å². The summed E-state index contributed by atoms with van der Waals surface area (Å²) in [4.78, 5) is 11.5. The minimum Gasteiger partial charge on any atom is -0.379 e. The molecule has 1 unspecified atom stereocenters. The second kappa shape index (κ2) is 12.0. The topological polar surface area (TPSA) is 47.6 Å². The number of likely N-dealkylation sites (N-methyl/N-ethyl adjacent to an activating group) is 1. The number of carbonyl (C=O) groups is 1. The molecule has 1 N–H and O–H groups in total. The Morgan fingerprint density at radius 3 is 2.41 bits per heavy atom. The first-order valence-electron chi connectivity index (χ1n) is 6.61. The maximum absolute atomic E-state index is 11.5. The summed E-state index contributed by atoms with van der Waals surface area (Å²) in [6, 6.07) is 0. The van der Waals surface area contributed by atoms with Gasteiger partial charge in [0, 0.05) is 20.3 Å². The highest BCUT2D eigenvalue weighted by Crippen LogP contribution is 2.04. The molecule has 0 aliphatic heterocycles. The molecule has 0 spiro atoms. The molecule has 0 aromatic carbocycles. The van der Waals surface area contributed by atoms with Crippen molar-refractivity contribution in [2.75, 3.05) is 39.5 Å². The predicted molar refractivity (Wildman–Crippen MR) is 71.4 cm³/mol. The van der Waals surface area contributed by atoms with Gasteiger partial charge in [-0.3, -0.25) is 4.79 Å². The number of nitrogens with one attached hydrogen (secondary N) is 1. The lowest BCUT2D eigenvalue weighted by atomic mass is 10.0. The minimum absolute atomic E-state index is 0. The molecule has 0 bridgehead atoms. The van der Waals surface area contributed by atoms with Gasteiger partial charge in [0.05, 0.1) is 26.4 Å². The molecule has 4 heteroatoms. The number of carbonyl (C=O) groups excluding carboxylic acids is 1. The number of ketones is 1. The number of ether oxygens (including phenoxy) is 2. The molecular formula is C13H29NO3. The molecule has 0 aromatic rings. The summed E-state index contributed by atoms with van der Waals surface area (Å²) >= 11 is 0. The number of hydrogen-bond donors (Lipinski definition) is 1. The van der Waals surface area contributed by atoms with Gasteiger partial charge < -0.3 is 14.8 Å². The molecule has 0 aliphatic carbocycles. The summed E-state index contributed by atoms with van der Waals surface area (Å²) in [7, 11) is 0. The van der Waals surface area contributed by atoms with E-state index in [9.17, 15) is 4.79 Å². The molecule has 1 atom stereocenters. The van der Waals surface area contributed by atoms with Crippen LogP contribution >= 0.6 is 0 Å². The Labute approximate surface area is 107 Å². The second-order valence-corrected chi connectivity index (χ2v) is 4.10. The van der Waals surface area contributed by atoms with Crippen LogP contribution in [-0.2, 0) is 14.3 Å². The zero-order valence-electron chi connectivity index (χ0n) is 11.5. The van der Waals surface area contributed by atoms with Gasteiger partial charge in [-0.25, -0.2) is 0 Å². The van der Waals surface area contributed by atoms with E-state index in [1.807, 2.05) is 13.8 Å². The number of Topliss-reactive ketones (excluding diaryl/α,β-unsaturated/α-hetero) is 1. The van der Waals surface area contributed by atoms with Crippen molar-refractivity contribution in [1.82, 2.24) is 5.32 Å². The Balaban J connectivity index is 0. The van der Waals surface area contributed by atoms with Gasteiger partial charge in [0.25, 0.3) is 0 Å². The summed E-state index contributed by atoms with van der Waals surface area (Å²) in [6.07, 6.45) is 1.43. The fraction of sp³-hybridized carbons (Fsp3) is 0.923. The first kappa shape index (κ1) is 16.6. The van der Waals surface area contributed by atoms with E-state index in [0.717, 1.165) is 19.5 Å². The van der Waals surface area contributed by atoms with Crippen molar-refractivity contribution < 1.29 is 15.7 Å². The van der Waals surface area contributed by atoms with Crippen molar-refractivity contribution in [3.8, 4) is 0 Å². The zero-order chi connectivity index (χ0) is 12.9. The van der Waals surface area contributed by atoms with Gasteiger partial charge in [0.15, 0.2) is 0 Å². The fourth-order valence-electron chi connectivity index (χ4n) is 1.29. The van der Waals surface area contributed by atoms with Crippen molar-refractivity contribution >= 4 is 5.78 Å². The normalized spacial score (nSPS) is 12.6. The van der Waals surface area contributed by atoms with Crippen LogP contribution in [0.25, 0.3) is 0 Å². The highest BCUT2D eigenvalue weighted by Gasteiger charge is 2.09. The molecule has 0 aromatic heterocycles. The highest BCUT2D eigenvalue weighted by molar-refractivity contribution is 5.80. The van der Waals surface area contributed by atoms with Crippen LogP contribution in [0.15, 0.2) is 0 Å². The second-order valence-electron chi connectivity index (χ2n) is 4.10. The molecule has 0 aliphatic rings. The summed E-state index contributed by atoms with van der Waals surface area (Å²) in [5.74, 6) is 0.454. The first-order valence-corrected chi connectivity index (χ1v) is 6.61.